The number of nitrogens with zero attached hydrogens (tertiary/aromatic N) is 3. The first-order valence-corrected chi connectivity index (χ1v) is 15.4. The molecule has 2 amide bonds. The number of amides is 2. The van der Waals surface area contributed by atoms with Crippen LogP contribution >= 0.6 is 0 Å². The van der Waals surface area contributed by atoms with Gasteiger partial charge in [-0.25, -0.2) is 12.8 Å². The summed E-state index contributed by atoms with van der Waals surface area (Å²) in [6, 6.07) is 16.8. The molecule has 3 rings (SSSR count). The molecule has 3 aromatic carbocycles. The van der Waals surface area contributed by atoms with Crippen molar-refractivity contribution in [3.63, 3.8) is 0 Å². The van der Waals surface area contributed by atoms with Gasteiger partial charge in [-0.3, -0.25) is 24.0 Å². The van der Waals surface area contributed by atoms with E-state index < -0.39 is 50.9 Å². The van der Waals surface area contributed by atoms with Crippen LogP contribution in [0.1, 0.15) is 30.9 Å². The summed E-state index contributed by atoms with van der Waals surface area (Å²) in [6.45, 7) is 1.42. The smallest absolute Gasteiger partial charge is 0.271 e. The van der Waals surface area contributed by atoms with Crippen LogP contribution in [0.2, 0.25) is 0 Å². The number of ether oxygens (including phenoxy) is 1. The van der Waals surface area contributed by atoms with Gasteiger partial charge in [0.15, 0.2) is 0 Å². The predicted octanol–water partition coefficient (Wildman–Crippen LogP) is 4.06. The quantitative estimate of drug-likeness (QED) is 0.155. The van der Waals surface area contributed by atoms with Gasteiger partial charge in [-0.15, -0.1) is 0 Å². The Morgan fingerprint density at radius 1 is 1.05 bits per heavy atom. The molecule has 0 aromatic heterocycles. The van der Waals surface area contributed by atoms with Crippen molar-refractivity contribution < 1.29 is 32.1 Å². The number of halogens is 1. The van der Waals surface area contributed by atoms with Gasteiger partial charge in [0.05, 0.1) is 18.3 Å². The largest absolute Gasteiger partial charge is 0.495 e. The van der Waals surface area contributed by atoms with Crippen molar-refractivity contribution in [1.82, 2.24) is 10.2 Å². The zero-order valence-corrected chi connectivity index (χ0v) is 25.1. The molecule has 0 aliphatic carbocycles. The van der Waals surface area contributed by atoms with Crippen LogP contribution in [-0.2, 0) is 32.6 Å². The van der Waals surface area contributed by atoms with Crippen molar-refractivity contribution in [3.8, 4) is 5.75 Å². The number of nitro groups is 1. The van der Waals surface area contributed by atoms with Crippen LogP contribution in [0.4, 0.5) is 15.8 Å². The second kappa shape index (κ2) is 15.1. The fraction of sp³-hybridized carbons (Fsp3) is 0.333. The molecule has 230 valence electrons. The normalized spacial score (nSPS) is 11.8. The van der Waals surface area contributed by atoms with E-state index in [4.69, 9.17) is 4.74 Å². The van der Waals surface area contributed by atoms with Crippen molar-refractivity contribution in [2.45, 2.75) is 38.8 Å². The lowest BCUT2D eigenvalue weighted by Crippen LogP contribution is -2.53. The van der Waals surface area contributed by atoms with Crippen LogP contribution in [0, 0.1) is 15.9 Å². The van der Waals surface area contributed by atoms with E-state index in [0.717, 1.165) is 30.4 Å². The highest BCUT2D eigenvalue weighted by molar-refractivity contribution is 7.92. The highest BCUT2D eigenvalue weighted by Crippen LogP contribution is 2.34. The van der Waals surface area contributed by atoms with Crippen molar-refractivity contribution in [1.29, 1.82) is 0 Å². The third-order valence-corrected chi connectivity index (χ3v) is 7.81. The van der Waals surface area contributed by atoms with E-state index in [1.807, 2.05) is 25.1 Å². The lowest BCUT2D eigenvalue weighted by molar-refractivity contribution is -0.384. The second-order valence-corrected chi connectivity index (χ2v) is 11.8. The summed E-state index contributed by atoms with van der Waals surface area (Å²) in [4.78, 5) is 39.8. The number of non-ortho nitro benzene ring substituents is 1. The van der Waals surface area contributed by atoms with E-state index in [1.54, 1.807) is 12.1 Å². The van der Waals surface area contributed by atoms with E-state index in [2.05, 4.69) is 5.32 Å². The first-order chi connectivity index (χ1) is 20.4. The standard InChI is InChI=1S/C30H35FN4O7S/c1-4-5-17-32-30(37)27(18-22-9-7-6-8-10-22)33(20-23-11-13-24(31)14-12-23)29(36)21-34(43(3,40)41)26-19-25(35(38)39)15-16-28(26)42-2/h6-16,19,27H,4-5,17-18,20-21H2,1-3H3,(H,32,37)/t27-/m1/s1. The molecule has 13 heteroatoms. The van der Waals surface area contributed by atoms with Crippen molar-refractivity contribution in [2.75, 3.05) is 30.8 Å². The third kappa shape index (κ3) is 9.23. The SMILES string of the molecule is CCCCNC(=O)[C@@H](Cc1ccccc1)N(Cc1ccc(F)cc1)C(=O)CN(c1cc([N+](=O)[O-])ccc1OC)S(C)(=O)=O. The summed E-state index contributed by atoms with van der Waals surface area (Å²) in [5.74, 6) is -1.69. The van der Waals surface area contributed by atoms with E-state index >= 15 is 0 Å². The summed E-state index contributed by atoms with van der Waals surface area (Å²) in [6.07, 6.45) is 2.52. The Morgan fingerprint density at radius 3 is 2.30 bits per heavy atom. The number of carbonyl (C=O) groups excluding carboxylic acids is 2. The van der Waals surface area contributed by atoms with Gasteiger partial charge < -0.3 is 15.0 Å². The van der Waals surface area contributed by atoms with Gasteiger partial charge in [-0.2, -0.15) is 0 Å². The number of carbonyl (C=O) groups is 2. The number of nitrogens with one attached hydrogen (secondary N) is 1. The number of benzene rings is 3. The van der Waals surface area contributed by atoms with Gasteiger partial charge in [0.25, 0.3) is 5.69 Å². The first-order valence-electron chi connectivity index (χ1n) is 13.6. The lowest BCUT2D eigenvalue weighted by Gasteiger charge is -2.33. The Morgan fingerprint density at radius 2 is 1.72 bits per heavy atom. The Kier molecular flexibility index (Phi) is 11.6. The number of anilines is 1. The molecule has 43 heavy (non-hydrogen) atoms. The number of unbranched alkanes of at least 4 members (excludes halogenated alkanes) is 1. The number of hydrogen-bond donors (Lipinski definition) is 1. The summed E-state index contributed by atoms with van der Waals surface area (Å²) >= 11 is 0. The van der Waals surface area contributed by atoms with E-state index in [0.29, 0.717) is 22.8 Å². The van der Waals surface area contributed by atoms with Gasteiger partial charge in [-0.05, 0) is 35.7 Å². The minimum atomic E-state index is -4.19. The first kappa shape index (κ1) is 33.0. The molecule has 0 aliphatic heterocycles. The van der Waals surface area contributed by atoms with Crippen LogP contribution in [0.5, 0.6) is 5.75 Å². The Hall–Kier alpha value is -4.52. The molecule has 0 fully saturated rings. The molecule has 0 unspecified atom stereocenters. The van der Waals surface area contributed by atoms with Crippen LogP contribution < -0.4 is 14.4 Å². The maximum atomic E-state index is 14.1. The molecule has 3 aromatic rings. The van der Waals surface area contributed by atoms with Gasteiger partial charge in [0, 0.05) is 31.6 Å². The zero-order chi connectivity index (χ0) is 31.6. The van der Waals surface area contributed by atoms with E-state index in [-0.39, 0.29) is 24.4 Å². The molecule has 0 radical (unpaired) electrons. The number of rotatable bonds is 15. The average molecular weight is 615 g/mol. The number of nitro benzene ring substituents is 1. The highest BCUT2D eigenvalue weighted by atomic mass is 32.2. The third-order valence-electron chi connectivity index (χ3n) is 6.69. The summed E-state index contributed by atoms with van der Waals surface area (Å²) in [7, 11) is -2.92. The van der Waals surface area contributed by atoms with Crippen LogP contribution in [0.3, 0.4) is 0 Å². The monoisotopic (exact) mass is 614 g/mol. The molecule has 1 N–H and O–H groups in total. The molecular weight excluding hydrogens is 579 g/mol. The average Bonchev–Trinajstić information content (AvgIpc) is 2.98. The maximum Gasteiger partial charge on any atom is 0.271 e. The van der Waals surface area contributed by atoms with Crippen LogP contribution in [-0.4, -0.2) is 62.6 Å². The number of methoxy groups -OCH3 is 1. The van der Waals surface area contributed by atoms with Crippen molar-refractivity contribution >= 4 is 33.2 Å². The van der Waals surface area contributed by atoms with Crippen LogP contribution in [0.25, 0.3) is 0 Å². The minimum Gasteiger partial charge on any atom is -0.495 e. The van der Waals surface area contributed by atoms with Gasteiger partial charge in [0.2, 0.25) is 21.8 Å². The fourth-order valence-corrected chi connectivity index (χ4v) is 5.27. The molecular formula is C30H35FN4O7S. The van der Waals surface area contributed by atoms with Crippen molar-refractivity contribution in [2.24, 2.45) is 0 Å². The minimum absolute atomic E-state index is 0.00736. The Labute approximate surface area is 250 Å². The predicted molar refractivity (Wildman–Crippen MR) is 161 cm³/mol. The Balaban J connectivity index is 2.10. The fourth-order valence-electron chi connectivity index (χ4n) is 4.43. The summed E-state index contributed by atoms with van der Waals surface area (Å²) in [5, 5.41) is 14.3. The number of sulfonamides is 1. The van der Waals surface area contributed by atoms with E-state index in [1.165, 1.54) is 42.3 Å². The molecule has 11 nitrogen and oxygen atoms in total. The molecule has 0 saturated carbocycles. The van der Waals surface area contributed by atoms with Crippen molar-refractivity contribution in [3.05, 3.63) is 99.9 Å². The second-order valence-electron chi connectivity index (χ2n) is 9.88. The molecule has 0 heterocycles. The van der Waals surface area contributed by atoms with Gasteiger partial charge in [-0.1, -0.05) is 55.8 Å². The molecule has 0 bridgehead atoms. The zero-order valence-electron chi connectivity index (χ0n) is 24.2. The molecule has 0 aliphatic rings. The summed E-state index contributed by atoms with van der Waals surface area (Å²) in [5.41, 5.74) is 0.655. The topological polar surface area (TPSA) is 139 Å². The molecule has 0 spiro atoms. The molecule has 1 atom stereocenters. The van der Waals surface area contributed by atoms with Gasteiger partial charge in [0.1, 0.15) is 29.8 Å². The lowest BCUT2D eigenvalue weighted by atomic mass is 10.0. The molecule has 0 saturated heterocycles. The maximum absolute atomic E-state index is 14.1. The summed E-state index contributed by atoms with van der Waals surface area (Å²) < 4.78 is 45.7. The van der Waals surface area contributed by atoms with Gasteiger partial charge >= 0.3 is 0 Å². The number of hydrogen-bond acceptors (Lipinski definition) is 7. The Bertz CT molecular complexity index is 1520. The highest BCUT2D eigenvalue weighted by Gasteiger charge is 2.34. The van der Waals surface area contributed by atoms with E-state index in [9.17, 15) is 32.5 Å². The van der Waals surface area contributed by atoms with Crippen LogP contribution in [0.15, 0.2) is 72.8 Å².